The summed E-state index contributed by atoms with van der Waals surface area (Å²) in [5, 5.41) is 21.1. The van der Waals surface area contributed by atoms with Gasteiger partial charge in [-0.05, 0) is 41.2 Å². The molecule has 0 saturated carbocycles. The summed E-state index contributed by atoms with van der Waals surface area (Å²) in [6.45, 7) is 1.53. The van der Waals surface area contributed by atoms with Crippen LogP contribution in [0.2, 0.25) is 0 Å². The lowest BCUT2D eigenvalue weighted by molar-refractivity contribution is 0.191. The fourth-order valence-corrected chi connectivity index (χ4v) is 2.39. The van der Waals surface area contributed by atoms with Gasteiger partial charge in [-0.2, -0.15) is 0 Å². The second-order valence-corrected chi connectivity index (χ2v) is 4.52. The maximum absolute atomic E-state index is 13.6. The third-order valence-electron chi connectivity index (χ3n) is 2.21. The standard InChI is InChI=1S/C10H11FN4OS/c1-6(16)9-7(11)4-3-5-8(9)17-10-12-13-14-15(10)2/h3-6,16H,1-2H3/t6-/m1/s1. The van der Waals surface area contributed by atoms with E-state index < -0.39 is 11.9 Å². The number of benzene rings is 1. The molecule has 1 N–H and O–H groups in total. The van der Waals surface area contributed by atoms with Gasteiger partial charge in [0.1, 0.15) is 5.82 Å². The molecule has 0 spiro atoms. The molecule has 7 heteroatoms. The Hall–Kier alpha value is -1.47. The van der Waals surface area contributed by atoms with Crippen LogP contribution >= 0.6 is 11.8 Å². The van der Waals surface area contributed by atoms with Gasteiger partial charge < -0.3 is 5.11 Å². The van der Waals surface area contributed by atoms with E-state index in [4.69, 9.17) is 0 Å². The predicted molar refractivity (Wildman–Crippen MR) is 60.0 cm³/mol. The zero-order valence-corrected chi connectivity index (χ0v) is 10.1. The van der Waals surface area contributed by atoms with Crippen LogP contribution in [0.1, 0.15) is 18.6 Å². The highest BCUT2D eigenvalue weighted by molar-refractivity contribution is 7.99. The Morgan fingerprint density at radius 2 is 2.24 bits per heavy atom. The zero-order chi connectivity index (χ0) is 12.4. The fourth-order valence-electron chi connectivity index (χ4n) is 1.42. The molecule has 2 rings (SSSR count). The summed E-state index contributed by atoms with van der Waals surface area (Å²) < 4.78 is 15.1. The van der Waals surface area contributed by atoms with Gasteiger partial charge in [0, 0.05) is 17.5 Å². The second kappa shape index (κ2) is 4.80. The number of aromatic nitrogens is 4. The molecule has 90 valence electrons. The van der Waals surface area contributed by atoms with Crippen LogP contribution in [0.5, 0.6) is 0 Å². The van der Waals surface area contributed by atoms with Crippen LogP contribution in [0.15, 0.2) is 28.3 Å². The molecule has 0 radical (unpaired) electrons. The van der Waals surface area contributed by atoms with Crippen LogP contribution in [-0.2, 0) is 7.05 Å². The van der Waals surface area contributed by atoms with Crippen LogP contribution in [0.25, 0.3) is 0 Å². The molecular weight excluding hydrogens is 243 g/mol. The van der Waals surface area contributed by atoms with E-state index in [2.05, 4.69) is 15.5 Å². The monoisotopic (exact) mass is 254 g/mol. The van der Waals surface area contributed by atoms with Gasteiger partial charge in [0.05, 0.1) is 6.10 Å². The minimum Gasteiger partial charge on any atom is -0.389 e. The first-order valence-corrected chi connectivity index (χ1v) is 5.78. The van der Waals surface area contributed by atoms with Crippen molar-refractivity contribution >= 4 is 11.8 Å². The topological polar surface area (TPSA) is 63.8 Å². The molecule has 1 heterocycles. The molecule has 0 amide bonds. The number of hydrogen-bond acceptors (Lipinski definition) is 5. The highest BCUT2D eigenvalue weighted by Crippen LogP contribution is 2.33. The zero-order valence-electron chi connectivity index (χ0n) is 9.33. The Morgan fingerprint density at radius 1 is 1.47 bits per heavy atom. The van der Waals surface area contributed by atoms with Crippen LogP contribution < -0.4 is 0 Å². The first-order chi connectivity index (χ1) is 8.09. The lowest BCUT2D eigenvalue weighted by Gasteiger charge is -2.11. The summed E-state index contributed by atoms with van der Waals surface area (Å²) in [4.78, 5) is 0.609. The van der Waals surface area contributed by atoms with Crippen LogP contribution in [-0.4, -0.2) is 25.3 Å². The molecule has 17 heavy (non-hydrogen) atoms. The summed E-state index contributed by atoms with van der Waals surface area (Å²) in [5.74, 6) is -0.430. The van der Waals surface area contributed by atoms with Crippen molar-refractivity contribution in [3.63, 3.8) is 0 Å². The third-order valence-corrected chi connectivity index (χ3v) is 3.32. The van der Waals surface area contributed by atoms with Gasteiger partial charge in [0.2, 0.25) is 5.16 Å². The van der Waals surface area contributed by atoms with Crippen molar-refractivity contribution in [2.45, 2.75) is 23.1 Å². The highest BCUT2D eigenvalue weighted by Gasteiger charge is 2.16. The lowest BCUT2D eigenvalue weighted by Crippen LogP contribution is -2.00. The Balaban J connectivity index is 2.39. The van der Waals surface area contributed by atoms with E-state index in [1.165, 1.54) is 29.4 Å². The molecular formula is C10H11FN4OS. The molecule has 0 fully saturated rings. The summed E-state index contributed by atoms with van der Waals surface area (Å²) in [7, 11) is 1.70. The molecule has 5 nitrogen and oxygen atoms in total. The van der Waals surface area contributed by atoms with E-state index in [-0.39, 0.29) is 5.56 Å². The van der Waals surface area contributed by atoms with Crippen molar-refractivity contribution in [1.82, 2.24) is 20.2 Å². The van der Waals surface area contributed by atoms with E-state index in [1.807, 2.05) is 0 Å². The summed E-state index contributed by atoms with van der Waals surface area (Å²) >= 11 is 1.22. The lowest BCUT2D eigenvalue weighted by atomic mass is 10.1. The molecule has 0 bridgehead atoms. The SMILES string of the molecule is C[C@@H](O)c1c(F)cccc1Sc1nnnn1C. The molecule has 1 aromatic heterocycles. The van der Waals surface area contributed by atoms with Gasteiger partial charge in [-0.1, -0.05) is 6.07 Å². The van der Waals surface area contributed by atoms with Crippen molar-refractivity contribution in [3.05, 3.63) is 29.6 Å². The van der Waals surface area contributed by atoms with E-state index >= 15 is 0 Å². The van der Waals surface area contributed by atoms with E-state index in [0.717, 1.165) is 0 Å². The average Bonchev–Trinajstić information content (AvgIpc) is 2.64. The highest BCUT2D eigenvalue weighted by atomic mass is 32.2. The molecule has 0 aliphatic rings. The fraction of sp³-hybridized carbons (Fsp3) is 0.300. The number of aliphatic hydroxyl groups excluding tert-OH is 1. The molecule has 1 aromatic carbocycles. The smallest absolute Gasteiger partial charge is 0.213 e. The molecule has 0 saturated heterocycles. The second-order valence-electron chi connectivity index (χ2n) is 3.51. The third kappa shape index (κ3) is 2.45. The van der Waals surface area contributed by atoms with Gasteiger partial charge in [-0.3, -0.25) is 0 Å². The maximum atomic E-state index is 13.6. The Kier molecular flexibility index (Phi) is 3.39. The molecule has 0 unspecified atom stereocenters. The Labute approximate surface area is 102 Å². The normalized spacial score (nSPS) is 12.7. The molecule has 1 atom stereocenters. The number of hydrogen-bond donors (Lipinski definition) is 1. The first kappa shape index (κ1) is 12.0. The van der Waals surface area contributed by atoms with Gasteiger partial charge in [-0.25, -0.2) is 9.07 Å². The number of halogens is 1. The van der Waals surface area contributed by atoms with Crippen molar-refractivity contribution < 1.29 is 9.50 Å². The van der Waals surface area contributed by atoms with Crippen molar-refractivity contribution in [1.29, 1.82) is 0 Å². The summed E-state index contributed by atoms with van der Waals surface area (Å²) in [6, 6.07) is 4.64. The van der Waals surface area contributed by atoms with Gasteiger partial charge in [0.25, 0.3) is 0 Å². The summed E-state index contributed by atoms with van der Waals surface area (Å²) in [6.07, 6.45) is -0.875. The van der Waals surface area contributed by atoms with Crippen LogP contribution in [0.4, 0.5) is 4.39 Å². The minimum atomic E-state index is -0.875. The average molecular weight is 254 g/mol. The van der Waals surface area contributed by atoms with E-state index in [0.29, 0.717) is 10.1 Å². The minimum absolute atomic E-state index is 0.264. The molecule has 0 aliphatic heterocycles. The quantitative estimate of drug-likeness (QED) is 0.900. The van der Waals surface area contributed by atoms with Crippen molar-refractivity contribution in [2.75, 3.05) is 0 Å². The van der Waals surface area contributed by atoms with Crippen LogP contribution in [0, 0.1) is 5.82 Å². The number of aryl methyl sites for hydroxylation is 1. The predicted octanol–water partition coefficient (Wildman–Crippen LogP) is 1.55. The van der Waals surface area contributed by atoms with Crippen molar-refractivity contribution in [2.24, 2.45) is 7.05 Å². The largest absolute Gasteiger partial charge is 0.389 e. The van der Waals surface area contributed by atoms with E-state index in [1.54, 1.807) is 19.2 Å². The van der Waals surface area contributed by atoms with E-state index in [9.17, 15) is 9.50 Å². The first-order valence-electron chi connectivity index (χ1n) is 4.96. The number of nitrogens with zero attached hydrogens (tertiary/aromatic N) is 4. The number of tetrazole rings is 1. The van der Waals surface area contributed by atoms with Crippen molar-refractivity contribution in [3.8, 4) is 0 Å². The Morgan fingerprint density at radius 3 is 2.82 bits per heavy atom. The molecule has 2 aromatic rings. The number of aliphatic hydroxyl groups is 1. The van der Waals surface area contributed by atoms with Gasteiger partial charge in [0.15, 0.2) is 0 Å². The molecule has 0 aliphatic carbocycles. The maximum Gasteiger partial charge on any atom is 0.213 e. The van der Waals surface area contributed by atoms with Gasteiger partial charge >= 0.3 is 0 Å². The van der Waals surface area contributed by atoms with Gasteiger partial charge in [-0.15, -0.1) is 5.10 Å². The summed E-state index contributed by atoms with van der Waals surface area (Å²) in [5.41, 5.74) is 0.264. The Bertz CT molecular complexity index is 529. The van der Waals surface area contributed by atoms with Crippen LogP contribution in [0.3, 0.4) is 0 Å². The number of rotatable bonds is 3.